The lowest BCUT2D eigenvalue weighted by atomic mass is 9.52. The predicted octanol–water partition coefficient (Wildman–Crippen LogP) is 1.70. The molecule has 0 unspecified atom stereocenters. The van der Waals surface area contributed by atoms with E-state index in [-0.39, 0.29) is 17.3 Å². The maximum atomic E-state index is 10.5. The van der Waals surface area contributed by atoms with E-state index in [2.05, 4.69) is 18.0 Å². The van der Waals surface area contributed by atoms with Gasteiger partial charge in [-0.2, -0.15) is 0 Å². The molecule has 2 fully saturated rings. The number of rotatable bonds is 0. The van der Waals surface area contributed by atoms with Gasteiger partial charge in [0.25, 0.3) is 0 Å². The lowest BCUT2D eigenvalue weighted by Crippen LogP contribution is -2.61. The normalized spacial score (nSPS) is 48.4. The summed E-state index contributed by atoms with van der Waals surface area (Å²) in [6, 6.07) is 0.486. The molecular weight excluding hydrogens is 266 g/mol. The second kappa shape index (κ2) is 3.80. The molecule has 1 spiro atoms. The molecule has 4 heteroatoms. The van der Waals surface area contributed by atoms with Crippen LogP contribution in [0.1, 0.15) is 19.3 Å². The van der Waals surface area contributed by atoms with E-state index in [1.807, 2.05) is 12.2 Å². The molecule has 5 aliphatic rings. The topological polar surface area (TPSA) is 52.9 Å². The third-order valence-corrected chi connectivity index (χ3v) is 6.31. The van der Waals surface area contributed by atoms with Gasteiger partial charge in [0.05, 0.1) is 12.2 Å². The lowest BCUT2D eigenvalue weighted by molar-refractivity contribution is -0.0853. The molecule has 2 bridgehead atoms. The molecule has 5 rings (SSSR count). The molecule has 0 amide bonds. The maximum absolute atomic E-state index is 10.5. The van der Waals surface area contributed by atoms with Gasteiger partial charge in [-0.15, -0.1) is 0 Å². The number of hydrogen-bond acceptors (Lipinski definition) is 4. The molecule has 0 aromatic carbocycles. The van der Waals surface area contributed by atoms with Gasteiger partial charge < -0.3 is 19.8 Å². The van der Waals surface area contributed by atoms with Crippen LogP contribution in [0.2, 0.25) is 0 Å². The zero-order valence-corrected chi connectivity index (χ0v) is 12.1. The molecule has 1 radical (unpaired) electrons. The lowest BCUT2D eigenvalue weighted by Gasteiger charge is -2.57. The monoisotopic (exact) mass is 286 g/mol. The van der Waals surface area contributed by atoms with Crippen molar-refractivity contribution in [3.8, 4) is 0 Å². The second-order valence-corrected chi connectivity index (χ2v) is 7.08. The van der Waals surface area contributed by atoms with Gasteiger partial charge in [0.1, 0.15) is 5.76 Å². The smallest absolute Gasteiger partial charge is 0.187 e. The van der Waals surface area contributed by atoms with Crippen molar-refractivity contribution in [1.29, 1.82) is 0 Å². The van der Waals surface area contributed by atoms with Crippen LogP contribution in [0.4, 0.5) is 0 Å². The molecule has 4 nitrogen and oxygen atoms in total. The number of nitrogens with zero attached hydrogens (tertiary/aromatic N) is 1. The minimum absolute atomic E-state index is 0.128. The quantitative estimate of drug-likeness (QED) is 0.666. The first-order chi connectivity index (χ1) is 10.1. The molecule has 2 heterocycles. The second-order valence-electron chi connectivity index (χ2n) is 7.08. The number of aliphatic hydroxyl groups is 2. The molecular formula is C17H20NO3. The Morgan fingerprint density at radius 3 is 3.10 bits per heavy atom. The van der Waals surface area contributed by atoms with Crippen LogP contribution in [-0.4, -0.2) is 47.0 Å². The Kier molecular flexibility index (Phi) is 2.25. The Morgan fingerprint density at radius 1 is 1.38 bits per heavy atom. The van der Waals surface area contributed by atoms with Crippen LogP contribution in [0.25, 0.3) is 0 Å². The molecule has 21 heavy (non-hydrogen) atoms. The van der Waals surface area contributed by atoms with Gasteiger partial charge in [-0.1, -0.05) is 17.7 Å². The fourth-order valence-corrected chi connectivity index (χ4v) is 5.40. The summed E-state index contributed by atoms with van der Waals surface area (Å²) in [6.45, 7) is 1.02. The van der Waals surface area contributed by atoms with Crippen molar-refractivity contribution in [2.24, 2.45) is 11.3 Å². The van der Waals surface area contributed by atoms with E-state index in [0.717, 1.165) is 25.8 Å². The molecule has 2 aliphatic heterocycles. The Bertz CT molecular complexity index is 607. The summed E-state index contributed by atoms with van der Waals surface area (Å²) in [5, 5.41) is 20.7. The Labute approximate surface area is 124 Å². The van der Waals surface area contributed by atoms with Gasteiger partial charge in [0, 0.05) is 17.4 Å². The van der Waals surface area contributed by atoms with Crippen LogP contribution in [-0.2, 0) is 4.74 Å². The van der Waals surface area contributed by atoms with Crippen LogP contribution < -0.4 is 0 Å². The summed E-state index contributed by atoms with van der Waals surface area (Å²) in [7, 11) is 2.20. The summed E-state index contributed by atoms with van der Waals surface area (Å²) in [4.78, 5) is 2.45. The van der Waals surface area contributed by atoms with Gasteiger partial charge in [-0.25, -0.2) is 0 Å². The van der Waals surface area contributed by atoms with E-state index < -0.39 is 6.10 Å². The van der Waals surface area contributed by atoms with Gasteiger partial charge >= 0.3 is 0 Å². The van der Waals surface area contributed by atoms with E-state index >= 15 is 0 Å². The third kappa shape index (κ3) is 1.28. The highest BCUT2D eigenvalue weighted by Crippen LogP contribution is 2.66. The largest absolute Gasteiger partial charge is 0.509 e. The molecule has 111 valence electrons. The SMILES string of the molecule is CN1CC[C@]23C4=C5CC=C(O)[C]4O[C@H]2[C@@H](O)C=C[C@H]3[C@H]1C5. The average Bonchev–Trinajstić information content (AvgIpc) is 2.83. The van der Waals surface area contributed by atoms with Crippen molar-refractivity contribution in [3.05, 3.63) is 41.2 Å². The zero-order chi connectivity index (χ0) is 14.4. The average molecular weight is 286 g/mol. The minimum atomic E-state index is -0.581. The number of aliphatic hydroxyl groups excluding tert-OH is 2. The molecule has 0 saturated carbocycles. The van der Waals surface area contributed by atoms with Gasteiger partial charge in [-0.05, 0) is 44.5 Å². The highest BCUT2D eigenvalue weighted by molar-refractivity contribution is 5.54. The van der Waals surface area contributed by atoms with E-state index in [0.29, 0.717) is 18.1 Å². The molecule has 2 saturated heterocycles. The van der Waals surface area contributed by atoms with Crippen LogP contribution in [0.5, 0.6) is 0 Å². The fourth-order valence-electron chi connectivity index (χ4n) is 5.40. The Morgan fingerprint density at radius 2 is 2.24 bits per heavy atom. The van der Waals surface area contributed by atoms with Crippen LogP contribution >= 0.6 is 0 Å². The summed E-state index contributed by atoms with van der Waals surface area (Å²) in [5.74, 6) is 0.646. The molecule has 3 aliphatic carbocycles. The standard InChI is InChI=1S/C17H20NO3/c1-18-7-6-17-10-3-5-13(20)16(17)21-15-12(19)4-2-9(14(15)17)8-11(10)18/h3-5,10-11,13,16,19-20H,2,6-8H2,1H3/t10-,11+,13-,16-,17-/m0/s1. The molecule has 5 atom stereocenters. The van der Waals surface area contributed by atoms with E-state index in [4.69, 9.17) is 4.74 Å². The van der Waals surface area contributed by atoms with Gasteiger partial charge in [-0.3, -0.25) is 0 Å². The first-order valence-electron chi connectivity index (χ1n) is 7.85. The highest BCUT2D eigenvalue weighted by Gasteiger charge is 2.66. The van der Waals surface area contributed by atoms with E-state index in [1.165, 1.54) is 11.1 Å². The zero-order valence-electron chi connectivity index (χ0n) is 12.1. The number of allylic oxidation sites excluding steroid dienone is 1. The van der Waals surface area contributed by atoms with Crippen LogP contribution in [0.3, 0.4) is 0 Å². The maximum Gasteiger partial charge on any atom is 0.187 e. The third-order valence-electron chi connectivity index (χ3n) is 6.31. The number of likely N-dealkylation sites (tertiary alicyclic amines) is 1. The minimum Gasteiger partial charge on any atom is -0.509 e. The first kappa shape index (κ1) is 12.4. The van der Waals surface area contributed by atoms with Crippen molar-refractivity contribution in [2.45, 2.75) is 37.5 Å². The summed E-state index contributed by atoms with van der Waals surface area (Å²) in [6.07, 6.45) is 8.64. The van der Waals surface area contributed by atoms with Crippen molar-refractivity contribution >= 4 is 0 Å². The van der Waals surface area contributed by atoms with Crippen molar-refractivity contribution in [3.63, 3.8) is 0 Å². The summed E-state index contributed by atoms with van der Waals surface area (Å²) in [5.41, 5.74) is 2.50. The fraction of sp³-hybridized carbons (Fsp3) is 0.588. The number of ether oxygens (including phenoxy) is 1. The summed E-state index contributed by atoms with van der Waals surface area (Å²) >= 11 is 0. The van der Waals surface area contributed by atoms with E-state index in [9.17, 15) is 10.2 Å². The van der Waals surface area contributed by atoms with Crippen molar-refractivity contribution in [1.82, 2.24) is 4.90 Å². The summed E-state index contributed by atoms with van der Waals surface area (Å²) < 4.78 is 6.11. The van der Waals surface area contributed by atoms with Crippen LogP contribution in [0.15, 0.2) is 35.1 Å². The Balaban J connectivity index is 1.77. The number of piperidine rings is 1. The molecule has 0 aromatic heterocycles. The van der Waals surface area contributed by atoms with Gasteiger partial charge in [0.2, 0.25) is 0 Å². The van der Waals surface area contributed by atoms with Crippen molar-refractivity contribution < 1.29 is 14.9 Å². The van der Waals surface area contributed by atoms with Crippen molar-refractivity contribution in [2.75, 3.05) is 13.6 Å². The van der Waals surface area contributed by atoms with Gasteiger partial charge in [0.15, 0.2) is 6.10 Å². The molecule has 2 N–H and O–H groups in total. The molecule has 0 aromatic rings. The predicted molar refractivity (Wildman–Crippen MR) is 77.2 cm³/mol. The van der Waals surface area contributed by atoms with Crippen LogP contribution in [0, 0.1) is 17.4 Å². The number of hydrogen-bond donors (Lipinski definition) is 2. The van der Waals surface area contributed by atoms with E-state index in [1.54, 1.807) is 0 Å². The Hall–Kier alpha value is -1.10. The highest BCUT2D eigenvalue weighted by atomic mass is 16.5. The first-order valence-corrected chi connectivity index (χ1v) is 7.85.